The average molecular weight is 790 g/mol. The number of fused-ring (bicyclic) bond motifs is 2. The number of carbonyl (C=O) groups is 3. The molecule has 1 aromatic carbocycles. The second-order valence-corrected chi connectivity index (χ2v) is 16.9. The van der Waals surface area contributed by atoms with Gasteiger partial charge in [0.25, 0.3) is 5.91 Å². The molecule has 2 amide bonds. The molecule has 1 saturated carbocycles. The third-order valence-corrected chi connectivity index (χ3v) is 12.7. The Labute approximate surface area is 338 Å². The maximum absolute atomic E-state index is 13.4. The number of aldehydes is 1. The smallest absolute Gasteiger partial charge is 0.261 e. The number of carbonyl (C=O) groups excluding carboxylic acids is 3. The molecule has 306 valence electrons. The fourth-order valence-electron chi connectivity index (χ4n) is 9.50. The third-order valence-electron chi connectivity index (χ3n) is 12.7. The number of primary amides is 1. The molecule has 6 heterocycles. The molecule has 2 saturated heterocycles. The number of nitrogens with zero attached hydrogens (tertiary/aromatic N) is 7. The summed E-state index contributed by atoms with van der Waals surface area (Å²) in [5, 5.41) is 20.0. The van der Waals surface area contributed by atoms with Crippen molar-refractivity contribution in [2.75, 3.05) is 49.5 Å². The number of piperidine rings is 1. The quantitative estimate of drug-likeness (QED) is 0.133. The summed E-state index contributed by atoms with van der Waals surface area (Å²) in [5.74, 6) is -1.34. The fraction of sp³-hybridized carbons (Fsp3) is 0.500. The highest BCUT2D eigenvalue weighted by atomic mass is 16.3. The molecule has 1 unspecified atom stereocenters. The van der Waals surface area contributed by atoms with Crippen molar-refractivity contribution in [2.24, 2.45) is 5.73 Å². The second-order valence-electron chi connectivity index (χ2n) is 16.9. The standard InChI is InChI=1S/C44H55N9O5/c1-28-39(13-12-36(47-28)33(42(45)55)6-5-23-54)52-17-14-31(15-18-52)51-21-19-50(20-22-51)30-8-10-32(11-9-30)53-26-29-24-38(35(44(2,3)57)25-37(29)49-53)48-43(56)34-27-58-40-7-4-16-46-41(34)40/h4,7,12-13,16,23-27,30-33,57H,5-6,8-11,14-15,17-22H2,1-3H3,(H2,45,55)(H,48,56). The van der Waals surface area contributed by atoms with Crippen LogP contribution in [0.2, 0.25) is 0 Å². The first-order chi connectivity index (χ1) is 28.0. The van der Waals surface area contributed by atoms with Gasteiger partial charge >= 0.3 is 0 Å². The van der Waals surface area contributed by atoms with Crippen molar-refractivity contribution in [1.82, 2.24) is 29.5 Å². The summed E-state index contributed by atoms with van der Waals surface area (Å²) >= 11 is 0. The number of piperazine rings is 1. The van der Waals surface area contributed by atoms with Gasteiger partial charge in [0.2, 0.25) is 5.91 Å². The molecule has 14 nitrogen and oxygen atoms in total. The summed E-state index contributed by atoms with van der Waals surface area (Å²) in [7, 11) is 0. The maximum Gasteiger partial charge on any atom is 0.261 e. The number of amides is 2. The van der Waals surface area contributed by atoms with E-state index in [2.05, 4.69) is 41.9 Å². The molecule has 2 aliphatic heterocycles. The molecule has 1 aliphatic carbocycles. The third kappa shape index (κ3) is 8.23. The molecule has 14 heteroatoms. The van der Waals surface area contributed by atoms with Crippen LogP contribution in [0.5, 0.6) is 0 Å². The number of benzene rings is 1. The van der Waals surface area contributed by atoms with Gasteiger partial charge in [-0.3, -0.25) is 34.0 Å². The monoisotopic (exact) mass is 789 g/mol. The molecule has 0 radical (unpaired) electrons. The number of hydrogen-bond acceptors (Lipinski definition) is 11. The van der Waals surface area contributed by atoms with E-state index >= 15 is 0 Å². The summed E-state index contributed by atoms with van der Waals surface area (Å²) in [6, 6.07) is 12.7. The van der Waals surface area contributed by atoms with Crippen LogP contribution in [0.25, 0.3) is 22.0 Å². The summed E-state index contributed by atoms with van der Waals surface area (Å²) in [6.45, 7) is 11.7. The number of nitrogens with two attached hydrogens (primary N) is 1. The number of aromatic nitrogens is 4. The van der Waals surface area contributed by atoms with E-state index in [-0.39, 0.29) is 12.3 Å². The minimum absolute atomic E-state index is 0.285. The van der Waals surface area contributed by atoms with Crippen molar-refractivity contribution in [3.63, 3.8) is 0 Å². The van der Waals surface area contributed by atoms with E-state index in [0.29, 0.717) is 58.2 Å². The number of nitrogens with one attached hydrogen (secondary N) is 1. The number of aryl methyl sites for hydroxylation is 1. The van der Waals surface area contributed by atoms with Crippen molar-refractivity contribution in [3.8, 4) is 0 Å². The molecule has 4 N–H and O–H groups in total. The Morgan fingerprint density at radius 3 is 2.33 bits per heavy atom. The van der Waals surface area contributed by atoms with Crippen LogP contribution < -0.4 is 16.0 Å². The first-order valence-corrected chi connectivity index (χ1v) is 20.8. The van der Waals surface area contributed by atoms with Gasteiger partial charge in [0.05, 0.1) is 40.2 Å². The molecule has 58 heavy (non-hydrogen) atoms. The van der Waals surface area contributed by atoms with E-state index in [1.54, 1.807) is 32.2 Å². The number of aliphatic hydroxyl groups is 1. The highest BCUT2D eigenvalue weighted by molar-refractivity contribution is 6.12. The highest BCUT2D eigenvalue weighted by Crippen LogP contribution is 2.36. The van der Waals surface area contributed by atoms with Crippen LogP contribution in [0.15, 0.2) is 59.5 Å². The Kier molecular flexibility index (Phi) is 11.3. The van der Waals surface area contributed by atoms with E-state index in [9.17, 15) is 19.5 Å². The van der Waals surface area contributed by atoms with Gasteiger partial charge in [-0.2, -0.15) is 5.10 Å². The SMILES string of the molecule is Cc1nc(C(CCC=O)C(N)=O)ccc1N1CCC(N2CCN(C3CCC(n4cc5cc(NC(=O)c6coc7cccnc67)c(C(C)(C)O)cc5n4)CC3)CC2)CC1. The molecule has 8 rings (SSSR count). The molecule has 1 atom stereocenters. The van der Waals surface area contributed by atoms with Crippen molar-refractivity contribution in [1.29, 1.82) is 0 Å². The lowest BCUT2D eigenvalue weighted by molar-refractivity contribution is -0.119. The summed E-state index contributed by atoms with van der Waals surface area (Å²) in [6.07, 6.45) is 13.2. The minimum Gasteiger partial charge on any atom is -0.462 e. The van der Waals surface area contributed by atoms with Gasteiger partial charge in [-0.25, -0.2) is 0 Å². The van der Waals surface area contributed by atoms with Gasteiger partial charge in [-0.15, -0.1) is 0 Å². The number of anilines is 2. The van der Waals surface area contributed by atoms with Crippen LogP contribution in [0, 0.1) is 6.92 Å². The van der Waals surface area contributed by atoms with Crippen LogP contribution in [-0.4, -0.2) is 104 Å². The Morgan fingerprint density at radius 2 is 1.67 bits per heavy atom. The molecule has 5 aromatic rings. The van der Waals surface area contributed by atoms with Crippen LogP contribution in [0.1, 0.15) is 104 Å². The van der Waals surface area contributed by atoms with Crippen LogP contribution in [0.3, 0.4) is 0 Å². The number of pyridine rings is 2. The van der Waals surface area contributed by atoms with Gasteiger partial charge in [0, 0.05) is 86.8 Å². The first kappa shape index (κ1) is 39.6. The molecule has 0 bridgehead atoms. The predicted octanol–water partition coefficient (Wildman–Crippen LogP) is 5.68. The van der Waals surface area contributed by atoms with Gasteiger partial charge in [0.15, 0.2) is 5.58 Å². The van der Waals surface area contributed by atoms with Crippen LogP contribution in [0.4, 0.5) is 11.4 Å². The van der Waals surface area contributed by atoms with Gasteiger partial charge in [-0.1, -0.05) is 0 Å². The number of hydrogen-bond donors (Lipinski definition) is 3. The molecule has 0 spiro atoms. The van der Waals surface area contributed by atoms with Crippen LogP contribution in [-0.2, 0) is 15.2 Å². The minimum atomic E-state index is -1.21. The Hall–Kier alpha value is -5.18. The largest absolute Gasteiger partial charge is 0.462 e. The predicted molar refractivity (Wildman–Crippen MR) is 223 cm³/mol. The molecular formula is C44H55N9O5. The van der Waals surface area contributed by atoms with Crippen molar-refractivity contribution in [2.45, 2.75) is 102 Å². The summed E-state index contributed by atoms with van der Waals surface area (Å²) in [5.41, 5.74) is 10.4. The Bertz CT molecular complexity index is 2270. The second kappa shape index (κ2) is 16.6. The van der Waals surface area contributed by atoms with E-state index in [0.717, 1.165) is 106 Å². The van der Waals surface area contributed by atoms with Gasteiger partial charge < -0.3 is 30.3 Å². The zero-order valence-corrected chi connectivity index (χ0v) is 33.8. The number of furan rings is 1. The highest BCUT2D eigenvalue weighted by Gasteiger charge is 2.33. The Morgan fingerprint density at radius 1 is 0.983 bits per heavy atom. The van der Waals surface area contributed by atoms with E-state index in [1.807, 2.05) is 25.1 Å². The lowest BCUT2D eigenvalue weighted by Crippen LogP contribution is -2.55. The lowest BCUT2D eigenvalue weighted by atomic mass is 9.89. The van der Waals surface area contributed by atoms with Crippen molar-refractivity contribution >= 4 is 51.5 Å². The average Bonchev–Trinajstić information content (AvgIpc) is 3.85. The van der Waals surface area contributed by atoms with E-state index < -0.39 is 17.4 Å². The summed E-state index contributed by atoms with van der Waals surface area (Å²) < 4.78 is 7.65. The Balaban J connectivity index is 0.835. The first-order valence-electron chi connectivity index (χ1n) is 20.8. The van der Waals surface area contributed by atoms with Crippen molar-refractivity contribution < 1.29 is 23.9 Å². The van der Waals surface area contributed by atoms with E-state index in [1.165, 1.54) is 6.26 Å². The zero-order valence-electron chi connectivity index (χ0n) is 33.8. The molecule has 3 fully saturated rings. The lowest BCUT2D eigenvalue weighted by Gasteiger charge is -2.46. The zero-order chi connectivity index (χ0) is 40.6. The van der Waals surface area contributed by atoms with E-state index in [4.69, 9.17) is 20.2 Å². The normalized spacial score (nSPS) is 20.7. The van der Waals surface area contributed by atoms with Crippen molar-refractivity contribution in [3.05, 3.63) is 77.6 Å². The topological polar surface area (TPSA) is 176 Å². The maximum atomic E-state index is 13.4. The molecule has 3 aliphatic rings. The van der Waals surface area contributed by atoms with Gasteiger partial charge in [-0.05, 0) is 102 Å². The van der Waals surface area contributed by atoms with Gasteiger partial charge in [0.1, 0.15) is 23.6 Å². The number of rotatable bonds is 12. The van der Waals surface area contributed by atoms with Crippen LogP contribution >= 0.6 is 0 Å². The molecule has 4 aromatic heterocycles. The summed E-state index contributed by atoms with van der Waals surface area (Å²) in [4.78, 5) is 53.2. The fourth-order valence-corrected chi connectivity index (χ4v) is 9.50. The molecular weight excluding hydrogens is 735 g/mol.